The summed E-state index contributed by atoms with van der Waals surface area (Å²) in [6, 6.07) is 4.76. The molecular formula is C15H16ClN7O3S. The van der Waals surface area contributed by atoms with Crippen molar-refractivity contribution in [2.45, 2.75) is 34.9 Å². The van der Waals surface area contributed by atoms with Gasteiger partial charge in [-0.05, 0) is 43.2 Å². The second kappa shape index (κ2) is 7.25. The monoisotopic (exact) mass is 409 g/mol. The van der Waals surface area contributed by atoms with Gasteiger partial charge in [-0.25, -0.2) is 0 Å². The zero-order chi connectivity index (χ0) is 18.3. The van der Waals surface area contributed by atoms with Gasteiger partial charge >= 0.3 is 0 Å². The molecule has 0 bridgehead atoms. The number of hydrogen-bond acceptors (Lipinski definition) is 9. The van der Waals surface area contributed by atoms with Gasteiger partial charge < -0.3 is 14.8 Å². The Hall–Kier alpha value is -2.50. The fourth-order valence-electron chi connectivity index (χ4n) is 2.67. The molecule has 27 heavy (non-hydrogen) atoms. The Bertz CT molecular complexity index is 985. The number of nitrogens with two attached hydrogens (primary N) is 1. The van der Waals surface area contributed by atoms with Crippen LogP contribution in [0, 0.1) is 10.1 Å². The Kier molecular flexibility index (Phi) is 5.18. The molecule has 2 aromatic heterocycles. The number of benzene rings is 1. The molecule has 0 spiro atoms. The molecule has 1 fully saturated rings. The fraction of sp³-hybridized carbons (Fsp3) is 0.333. The van der Waals surface area contributed by atoms with Crippen LogP contribution < -0.4 is 5.73 Å². The molecule has 1 aliphatic rings. The Morgan fingerprint density at radius 1 is 1.41 bits per heavy atom. The summed E-state index contributed by atoms with van der Waals surface area (Å²) in [7, 11) is 1.77. The van der Waals surface area contributed by atoms with Crippen LogP contribution in [0.4, 0.5) is 5.69 Å². The molecule has 0 saturated heterocycles. The number of halogens is 1. The molecule has 4 rings (SSSR count). The van der Waals surface area contributed by atoms with Gasteiger partial charge in [-0.2, -0.15) is 4.98 Å². The van der Waals surface area contributed by atoms with Gasteiger partial charge in [0, 0.05) is 18.7 Å². The van der Waals surface area contributed by atoms with Crippen molar-refractivity contribution >= 4 is 29.9 Å². The van der Waals surface area contributed by atoms with E-state index in [0.29, 0.717) is 21.4 Å². The largest absolute Gasteiger partial charge is 0.334 e. The average molecular weight is 410 g/mol. The molecule has 1 aliphatic carbocycles. The quantitative estimate of drug-likeness (QED) is 0.497. The van der Waals surface area contributed by atoms with E-state index in [1.807, 2.05) is 0 Å². The standard InChI is InChI=1S/C15H15N7O3S.ClH/c1-21-8-17-19-14(21)26-11-4-3-9(7-10(11)22(23)24)12-18-13(20-25-12)15(16)5-2-6-15;/h3-4,7-8H,2,5-6,16H2,1H3;1H. The Morgan fingerprint density at radius 2 is 2.19 bits per heavy atom. The number of aromatic nitrogens is 5. The van der Waals surface area contributed by atoms with E-state index in [1.165, 1.54) is 12.4 Å². The van der Waals surface area contributed by atoms with Gasteiger partial charge in [0.25, 0.3) is 11.6 Å². The van der Waals surface area contributed by atoms with Crippen molar-refractivity contribution in [1.29, 1.82) is 0 Å². The molecule has 0 unspecified atom stereocenters. The van der Waals surface area contributed by atoms with Crippen molar-refractivity contribution in [3.8, 4) is 11.5 Å². The lowest BCUT2D eigenvalue weighted by Crippen LogP contribution is -2.44. The molecule has 12 heteroatoms. The first kappa shape index (κ1) is 19.3. The highest BCUT2D eigenvalue weighted by molar-refractivity contribution is 7.99. The molecule has 2 heterocycles. The smallest absolute Gasteiger partial charge is 0.284 e. The molecule has 142 valence electrons. The van der Waals surface area contributed by atoms with E-state index < -0.39 is 10.5 Å². The van der Waals surface area contributed by atoms with Crippen LogP contribution in [0.2, 0.25) is 0 Å². The van der Waals surface area contributed by atoms with Gasteiger partial charge in [-0.1, -0.05) is 5.16 Å². The van der Waals surface area contributed by atoms with E-state index in [2.05, 4.69) is 20.3 Å². The van der Waals surface area contributed by atoms with Crippen molar-refractivity contribution in [3.63, 3.8) is 0 Å². The van der Waals surface area contributed by atoms with Crippen LogP contribution in [0.5, 0.6) is 0 Å². The fourth-order valence-corrected chi connectivity index (χ4v) is 3.52. The summed E-state index contributed by atoms with van der Waals surface area (Å²) in [5.41, 5.74) is 6.05. The van der Waals surface area contributed by atoms with E-state index in [0.717, 1.165) is 31.0 Å². The van der Waals surface area contributed by atoms with E-state index in [-0.39, 0.29) is 24.0 Å². The average Bonchev–Trinajstić information content (AvgIpc) is 3.23. The second-order valence-electron chi connectivity index (χ2n) is 6.20. The molecule has 1 saturated carbocycles. The van der Waals surface area contributed by atoms with Gasteiger partial charge in [0.1, 0.15) is 6.33 Å². The maximum absolute atomic E-state index is 11.5. The van der Waals surface area contributed by atoms with Crippen molar-refractivity contribution in [1.82, 2.24) is 24.9 Å². The van der Waals surface area contributed by atoms with Gasteiger partial charge in [-0.15, -0.1) is 22.6 Å². The van der Waals surface area contributed by atoms with Gasteiger partial charge in [-0.3, -0.25) is 10.1 Å². The first-order chi connectivity index (χ1) is 12.5. The number of hydrogen-bond donors (Lipinski definition) is 1. The molecule has 0 atom stereocenters. The molecule has 1 aromatic carbocycles. The Labute approximate surface area is 164 Å². The van der Waals surface area contributed by atoms with Crippen LogP contribution in [0.3, 0.4) is 0 Å². The van der Waals surface area contributed by atoms with Crippen LogP contribution in [0.25, 0.3) is 11.5 Å². The summed E-state index contributed by atoms with van der Waals surface area (Å²) < 4.78 is 6.96. The number of aryl methyl sites for hydroxylation is 1. The molecule has 0 radical (unpaired) electrons. The SMILES string of the molecule is Cl.Cn1cnnc1Sc1ccc(-c2nc(C3(N)CCC3)no2)cc1[N+](=O)[O-]. The highest BCUT2D eigenvalue weighted by Crippen LogP contribution is 2.39. The van der Waals surface area contributed by atoms with E-state index in [9.17, 15) is 10.1 Å². The minimum atomic E-state index is -0.547. The lowest BCUT2D eigenvalue weighted by atomic mass is 9.77. The zero-order valence-electron chi connectivity index (χ0n) is 14.2. The normalized spacial score (nSPS) is 15.0. The molecular weight excluding hydrogens is 394 g/mol. The van der Waals surface area contributed by atoms with Crippen molar-refractivity contribution < 1.29 is 9.45 Å². The molecule has 2 N–H and O–H groups in total. The molecule has 10 nitrogen and oxygen atoms in total. The van der Waals surface area contributed by atoms with Gasteiger partial charge in [0.2, 0.25) is 0 Å². The minimum absolute atomic E-state index is 0. The van der Waals surface area contributed by atoms with Crippen LogP contribution in [0.1, 0.15) is 25.1 Å². The number of rotatable bonds is 5. The van der Waals surface area contributed by atoms with E-state index in [1.54, 1.807) is 23.7 Å². The summed E-state index contributed by atoms with van der Waals surface area (Å²) in [6.07, 6.45) is 4.17. The van der Waals surface area contributed by atoms with E-state index >= 15 is 0 Å². The molecule has 3 aromatic rings. The van der Waals surface area contributed by atoms with Crippen LogP contribution in [-0.4, -0.2) is 29.8 Å². The second-order valence-corrected chi connectivity index (χ2v) is 7.21. The summed E-state index contributed by atoms with van der Waals surface area (Å²) >= 11 is 1.16. The topological polar surface area (TPSA) is 139 Å². The van der Waals surface area contributed by atoms with Crippen molar-refractivity contribution in [3.05, 3.63) is 40.5 Å². The minimum Gasteiger partial charge on any atom is -0.334 e. The first-order valence-corrected chi connectivity index (χ1v) is 8.72. The number of nitro groups is 1. The van der Waals surface area contributed by atoms with Gasteiger partial charge in [0.15, 0.2) is 11.0 Å². The van der Waals surface area contributed by atoms with Crippen LogP contribution in [-0.2, 0) is 12.6 Å². The zero-order valence-corrected chi connectivity index (χ0v) is 15.9. The molecule has 0 amide bonds. The summed E-state index contributed by atoms with van der Waals surface area (Å²) in [4.78, 5) is 15.8. The lowest BCUT2D eigenvalue weighted by Gasteiger charge is -2.34. The summed E-state index contributed by atoms with van der Waals surface area (Å²) in [5, 5.41) is 23.7. The van der Waals surface area contributed by atoms with Crippen molar-refractivity contribution in [2.75, 3.05) is 0 Å². The highest BCUT2D eigenvalue weighted by atomic mass is 35.5. The third-order valence-corrected chi connectivity index (χ3v) is 5.51. The third-order valence-electron chi connectivity index (χ3n) is 4.39. The Morgan fingerprint density at radius 3 is 2.78 bits per heavy atom. The number of nitro benzene ring substituents is 1. The predicted octanol–water partition coefficient (Wildman–Crippen LogP) is 2.68. The van der Waals surface area contributed by atoms with E-state index in [4.69, 9.17) is 10.3 Å². The Balaban J connectivity index is 0.00000210. The van der Waals surface area contributed by atoms with Crippen LogP contribution >= 0.6 is 24.2 Å². The van der Waals surface area contributed by atoms with Crippen molar-refractivity contribution in [2.24, 2.45) is 12.8 Å². The molecule has 0 aliphatic heterocycles. The third kappa shape index (κ3) is 3.53. The summed E-state index contributed by atoms with van der Waals surface area (Å²) in [5.74, 6) is 0.661. The maximum atomic E-state index is 11.5. The maximum Gasteiger partial charge on any atom is 0.284 e. The number of nitrogens with zero attached hydrogens (tertiary/aromatic N) is 6. The van der Waals surface area contributed by atoms with Crippen LogP contribution in [0.15, 0.2) is 39.1 Å². The van der Waals surface area contributed by atoms with Gasteiger partial charge in [0.05, 0.1) is 15.4 Å². The highest BCUT2D eigenvalue weighted by Gasteiger charge is 2.39. The predicted molar refractivity (Wildman–Crippen MR) is 98.5 cm³/mol. The first-order valence-electron chi connectivity index (χ1n) is 7.90. The summed E-state index contributed by atoms with van der Waals surface area (Å²) in [6.45, 7) is 0. The lowest BCUT2D eigenvalue weighted by molar-refractivity contribution is -0.387.